The van der Waals surface area contributed by atoms with Gasteiger partial charge in [0, 0.05) is 47.5 Å². The van der Waals surface area contributed by atoms with Crippen LogP contribution in [0.4, 0.5) is 5.69 Å². The second kappa shape index (κ2) is 9.90. The zero-order chi connectivity index (χ0) is 26.1. The lowest BCUT2D eigenvalue weighted by atomic mass is 10.0. The van der Waals surface area contributed by atoms with Gasteiger partial charge in [0.05, 0.1) is 7.11 Å². The van der Waals surface area contributed by atoms with Crippen molar-refractivity contribution in [2.24, 2.45) is 0 Å². The lowest BCUT2D eigenvalue weighted by molar-refractivity contribution is 0.0732. The van der Waals surface area contributed by atoms with Gasteiger partial charge in [0.2, 0.25) is 0 Å². The molecule has 2 amide bonds. The Morgan fingerprint density at radius 2 is 1.71 bits per heavy atom. The van der Waals surface area contributed by atoms with Crippen molar-refractivity contribution in [1.82, 2.24) is 4.90 Å². The van der Waals surface area contributed by atoms with Crippen molar-refractivity contribution in [1.29, 1.82) is 0 Å². The van der Waals surface area contributed by atoms with Gasteiger partial charge in [0.25, 0.3) is 11.8 Å². The van der Waals surface area contributed by atoms with E-state index in [1.807, 2.05) is 77.7 Å². The molecule has 0 saturated heterocycles. The minimum Gasteiger partial charge on any atom is -0.497 e. The van der Waals surface area contributed by atoms with Crippen LogP contribution in [0.15, 0.2) is 101 Å². The minimum atomic E-state index is -0.220. The summed E-state index contributed by atoms with van der Waals surface area (Å²) >= 11 is 0. The lowest BCUT2D eigenvalue weighted by Gasteiger charge is -2.26. The molecule has 0 aliphatic carbocycles. The summed E-state index contributed by atoms with van der Waals surface area (Å²) in [6, 6.07) is 30.4. The Balaban J connectivity index is 1.20. The van der Waals surface area contributed by atoms with Gasteiger partial charge < -0.3 is 19.4 Å². The highest BCUT2D eigenvalue weighted by atomic mass is 16.5. The van der Waals surface area contributed by atoms with Gasteiger partial charge >= 0.3 is 0 Å². The molecule has 1 N–H and O–H groups in total. The second-order valence-electron chi connectivity index (χ2n) is 9.33. The predicted octanol–water partition coefficient (Wildman–Crippen LogP) is 6.56. The number of nitrogens with zero attached hydrogens (tertiary/aromatic N) is 1. The molecule has 6 rings (SSSR count). The summed E-state index contributed by atoms with van der Waals surface area (Å²) in [4.78, 5) is 28.1. The predicted molar refractivity (Wildman–Crippen MR) is 147 cm³/mol. The van der Waals surface area contributed by atoms with Crippen LogP contribution in [-0.4, -0.2) is 30.4 Å². The molecule has 4 aromatic carbocycles. The topological polar surface area (TPSA) is 71.8 Å². The molecule has 0 spiro atoms. The molecular formula is C32H26N2O4. The highest BCUT2D eigenvalue weighted by Gasteiger charge is 2.26. The number of hydrogen-bond donors (Lipinski definition) is 1. The van der Waals surface area contributed by atoms with Crippen molar-refractivity contribution in [2.45, 2.75) is 13.0 Å². The first-order valence-corrected chi connectivity index (χ1v) is 12.5. The van der Waals surface area contributed by atoms with Crippen LogP contribution in [0.3, 0.4) is 0 Å². The van der Waals surface area contributed by atoms with Crippen LogP contribution >= 0.6 is 0 Å². The van der Waals surface area contributed by atoms with E-state index in [-0.39, 0.29) is 11.8 Å². The number of methoxy groups -OCH3 is 1. The van der Waals surface area contributed by atoms with Crippen molar-refractivity contribution in [3.05, 3.63) is 120 Å². The monoisotopic (exact) mass is 502 g/mol. The first-order valence-electron chi connectivity index (χ1n) is 12.5. The van der Waals surface area contributed by atoms with Gasteiger partial charge in [0.15, 0.2) is 0 Å². The van der Waals surface area contributed by atoms with E-state index >= 15 is 0 Å². The molecule has 6 heteroatoms. The van der Waals surface area contributed by atoms with Crippen LogP contribution in [0.5, 0.6) is 5.75 Å². The van der Waals surface area contributed by atoms with E-state index in [2.05, 4.69) is 5.32 Å². The van der Waals surface area contributed by atoms with E-state index in [4.69, 9.17) is 9.15 Å². The molecule has 1 aromatic heterocycles. The zero-order valence-corrected chi connectivity index (χ0v) is 20.9. The van der Waals surface area contributed by atoms with E-state index in [1.165, 1.54) is 0 Å². The number of carbonyl (C=O) groups is 2. The number of hydrogen-bond acceptors (Lipinski definition) is 4. The summed E-state index contributed by atoms with van der Waals surface area (Å²) in [7, 11) is 1.57. The maximum absolute atomic E-state index is 13.5. The molecule has 1 aliphatic heterocycles. The molecule has 0 bridgehead atoms. The van der Waals surface area contributed by atoms with Crippen molar-refractivity contribution >= 4 is 28.3 Å². The highest BCUT2D eigenvalue weighted by Crippen LogP contribution is 2.32. The van der Waals surface area contributed by atoms with E-state index in [0.717, 1.165) is 33.2 Å². The van der Waals surface area contributed by atoms with Crippen molar-refractivity contribution in [3.8, 4) is 17.1 Å². The van der Waals surface area contributed by atoms with E-state index < -0.39 is 0 Å². The summed E-state index contributed by atoms with van der Waals surface area (Å²) < 4.78 is 11.4. The molecule has 0 saturated carbocycles. The molecule has 188 valence electrons. The zero-order valence-electron chi connectivity index (χ0n) is 20.9. The molecule has 2 heterocycles. The number of anilines is 1. The molecule has 0 radical (unpaired) electrons. The third kappa shape index (κ3) is 4.52. The first kappa shape index (κ1) is 23.6. The molecule has 5 aromatic rings. The quantitative estimate of drug-likeness (QED) is 0.295. The molecule has 6 nitrogen and oxygen atoms in total. The van der Waals surface area contributed by atoms with Crippen LogP contribution in [0.25, 0.3) is 22.1 Å². The van der Waals surface area contributed by atoms with Gasteiger partial charge in [-0.15, -0.1) is 0 Å². The van der Waals surface area contributed by atoms with E-state index in [1.54, 1.807) is 31.4 Å². The smallest absolute Gasteiger partial charge is 0.255 e. The maximum Gasteiger partial charge on any atom is 0.255 e. The van der Waals surface area contributed by atoms with Crippen LogP contribution < -0.4 is 10.1 Å². The maximum atomic E-state index is 13.5. The third-order valence-electron chi connectivity index (χ3n) is 6.91. The molecule has 0 fully saturated rings. The molecular weight excluding hydrogens is 476 g/mol. The number of amides is 2. The van der Waals surface area contributed by atoms with Gasteiger partial charge in [-0.1, -0.05) is 54.6 Å². The summed E-state index contributed by atoms with van der Waals surface area (Å²) in [6.07, 6.45) is 0.651. The largest absolute Gasteiger partial charge is 0.497 e. The fourth-order valence-corrected chi connectivity index (χ4v) is 4.95. The Morgan fingerprint density at radius 1 is 0.895 bits per heavy atom. The Labute approximate surface area is 220 Å². The summed E-state index contributed by atoms with van der Waals surface area (Å²) in [5, 5.41) is 4.97. The minimum absolute atomic E-state index is 0.0254. The van der Waals surface area contributed by atoms with Crippen molar-refractivity contribution in [3.63, 3.8) is 0 Å². The summed E-state index contributed by atoms with van der Waals surface area (Å²) in [5.41, 5.74) is 3.76. The normalized spacial score (nSPS) is 12.7. The first-order chi connectivity index (χ1) is 18.6. The Bertz CT molecular complexity index is 1660. The standard InChI is InChI=1S/C32H26N2O4/c1-37-26-12-5-10-23(18-26)31(35)33-25-11-4-9-22(17-25)30-19-24-20-34(16-15-29(24)38-30)32(36)28-14-6-8-21-7-2-3-13-27(21)28/h2-14,17-19H,15-16,20H2,1H3,(H,33,35). The SMILES string of the molecule is COc1cccc(C(=O)Nc2cccc(-c3cc4c(o3)CCN(C(=O)c3cccc5ccccc35)C4)c2)c1. The fraction of sp³-hybridized carbons (Fsp3) is 0.125. The van der Waals surface area contributed by atoms with Crippen LogP contribution in [0, 0.1) is 0 Å². The summed E-state index contributed by atoms with van der Waals surface area (Å²) in [5.74, 6) is 2.04. The number of rotatable bonds is 5. The average Bonchev–Trinajstić information content (AvgIpc) is 3.40. The van der Waals surface area contributed by atoms with Crippen LogP contribution in [0.2, 0.25) is 0 Å². The van der Waals surface area contributed by atoms with Gasteiger partial charge in [-0.05, 0) is 53.2 Å². The van der Waals surface area contributed by atoms with E-state index in [9.17, 15) is 9.59 Å². The number of fused-ring (bicyclic) bond motifs is 2. The lowest BCUT2D eigenvalue weighted by Crippen LogP contribution is -2.35. The third-order valence-corrected chi connectivity index (χ3v) is 6.91. The van der Waals surface area contributed by atoms with Crippen LogP contribution in [0.1, 0.15) is 32.0 Å². The van der Waals surface area contributed by atoms with Crippen molar-refractivity contribution in [2.75, 3.05) is 19.0 Å². The fourth-order valence-electron chi connectivity index (χ4n) is 4.95. The Kier molecular flexibility index (Phi) is 6.14. The number of ether oxygens (including phenoxy) is 1. The van der Waals surface area contributed by atoms with Gasteiger partial charge in [-0.2, -0.15) is 0 Å². The van der Waals surface area contributed by atoms with Crippen LogP contribution in [-0.2, 0) is 13.0 Å². The van der Waals surface area contributed by atoms with Gasteiger partial charge in [-0.3, -0.25) is 9.59 Å². The number of nitrogens with one attached hydrogen (secondary N) is 1. The Hall–Kier alpha value is -4.84. The number of benzene rings is 4. The van der Waals surface area contributed by atoms with Gasteiger partial charge in [0.1, 0.15) is 17.3 Å². The van der Waals surface area contributed by atoms with Gasteiger partial charge in [-0.25, -0.2) is 0 Å². The van der Waals surface area contributed by atoms with E-state index in [0.29, 0.717) is 42.3 Å². The van der Waals surface area contributed by atoms with Crippen molar-refractivity contribution < 1.29 is 18.7 Å². The molecule has 0 atom stereocenters. The summed E-state index contributed by atoms with van der Waals surface area (Å²) in [6.45, 7) is 1.09. The molecule has 0 unspecified atom stereocenters. The average molecular weight is 503 g/mol. The Morgan fingerprint density at radius 3 is 2.61 bits per heavy atom. The second-order valence-corrected chi connectivity index (χ2v) is 9.33. The number of carbonyl (C=O) groups excluding carboxylic acids is 2. The molecule has 38 heavy (non-hydrogen) atoms. The number of furan rings is 1. The highest BCUT2D eigenvalue weighted by molar-refractivity contribution is 6.07. The molecule has 1 aliphatic rings.